The van der Waals surface area contributed by atoms with Crippen LogP contribution < -0.4 is 4.74 Å². The zero-order valence-electron chi connectivity index (χ0n) is 16.5. The molecule has 0 radical (unpaired) electrons. The average Bonchev–Trinajstić information content (AvgIpc) is 3.01. The van der Waals surface area contributed by atoms with Crippen molar-refractivity contribution in [2.45, 2.75) is 19.4 Å². The fraction of sp³-hybridized carbons (Fsp3) is 0.318. The second kappa shape index (κ2) is 9.34. The van der Waals surface area contributed by atoms with Gasteiger partial charge >= 0.3 is 0 Å². The van der Waals surface area contributed by atoms with Crippen molar-refractivity contribution in [1.82, 2.24) is 9.88 Å². The SMILES string of the molecule is CCCOc1cccc(C(O)=C2C(=O)C(=O)N(CCOC)[C@H]2c2cccnc2)c1. The van der Waals surface area contributed by atoms with Crippen LogP contribution in [0.15, 0.2) is 54.4 Å². The number of likely N-dealkylation sites (tertiary alicyclic amines) is 1. The van der Waals surface area contributed by atoms with E-state index >= 15 is 0 Å². The third kappa shape index (κ3) is 4.30. The fourth-order valence-electron chi connectivity index (χ4n) is 3.29. The molecular formula is C22H24N2O5. The predicted molar refractivity (Wildman–Crippen MR) is 107 cm³/mol. The van der Waals surface area contributed by atoms with Crippen molar-refractivity contribution < 1.29 is 24.2 Å². The Bertz CT molecular complexity index is 910. The van der Waals surface area contributed by atoms with Gasteiger partial charge < -0.3 is 19.5 Å². The van der Waals surface area contributed by atoms with Crippen LogP contribution >= 0.6 is 0 Å². The lowest BCUT2D eigenvalue weighted by Gasteiger charge is -2.24. The molecule has 7 heteroatoms. The number of hydrogen-bond donors (Lipinski definition) is 1. The van der Waals surface area contributed by atoms with Crippen LogP contribution in [0.3, 0.4) is 0 Å². The van der Waals surface area contributed by atoms with Gasteiger partial charge in [0.15, 0.2) is 0 Å². The number of pyridine rings is 1. The summed E-state index contributed by atoms with van der Waals surface area (Å²) in [6.45, 7) is 3.03. The zero-order chi connectivity index (χ0) is 20.8. The molecule has 1 aromatic heterocycles. The van der Waals surface area contributed by atoms with Crippen molar-refractivity contribution in [2.75, 3.05) is 26.9 Å². The lowest BCUT2D eigenvalue weighted by molar-refractivity contribution is -0.140. The number of ketones is 1. The maximum atomic E-state index is 12.8. The Morgan fingerprint density at radius 1 is 1.21 bits per heavy atom. The van der Waals surface area contributed by atoms with Crippen molar-refractivity contribution in [1.29, 1.82) is 0 Å². The van der Waals surface area contributed by atoms with E-state index in [1.807, 2.05) is 6.92 Å². The van der Waals surface area contributed by atoms with Gasteiger partial charge in [0.2, 0.25) is 0 Å². The molecule has 7 nitrogen and oxygen atoms in total. The normalized spacial score (nSPS) is 18.3. The number of rotatable bonds is 8. The number of Topliss-reactive ketones (excluding diaryl/α,β-unsaturated/α-hetero) is 1. The van der Waals surface area contributed by atoms with E-state index in [4.69, 9.17) is 9.47 Å². The number of benzene rings is 1. The minimum Gasteiger partial charge on any atom is -0.507 e. The number of aliphatic hydroxyl groups is 1. The third-order valence-electron chi connectivity index (χ3n) is 4.66. The van der Waals surface area contributed by atoms with Gasteiger partial charge in [-0.15, -0.1) is 0 Å². The smallest absolute Gasteiger partial charge is 0.295 e. The summed E-state index contributed by atoms with van der Waals surface area (Å²) in [5.74, 6) is -1.05. The zero-order valence-corrected chi connectivity index (χ0v) is 16.5. The molecule has 0 spiro atoms. The molecule has 0 aliphatic carbocycles. The monoisotopic (exact) mass is 396 g/mol. The number of ether oxygens (including phenoxy) is 2. The molecule has 2 aromatic rings. The van der Waals surface area contributed by atoms with Crippen LogP contribution in [-0.4, -0.2) is 53.5 Å². The number of nitrogens with zero attached hydrogens (tertiary/aromatic N) is 2. The first-order chi connectivity index (χ1) is 14.1. The Morgan fingerprint density at radius 2 is 2.03 bits per heavy atom. The van der Waals surface area contributed by atoms with Crippen LogP contribution in [0.25, 0.3) is 5.76 Å². The number of aromatic nitrogens is 1. The maximum Gasteiger partial charge on any atom is 0.295 e. The molecule has 0 bridgehead atoms. The van der Waals surface area contributed by atoms with E-state index in [1.165, 1.54) is 12.0 Å². The molecular weight excluding hydrogens is 372 g/mol. The second-order valence-electron chi connectivity index (χ2n) is 6.65. The van der Waals surface area contributed by atoms with Crippen LogP contribution in [0.1, 0.15) is 30.5 Å². The maximum absolute atomic E-state index is 12.8. The fourth-order valence-corrected chi connectivity index (χ4v) is 3.29. The molecule has 1 aliphatic rings. The standard InChI is InChI=1S/C22H24N2O5/c1-3-11-29-17-8-4-6-15(13-17)20(25)18-19(16-7-5-9-23-14-16)24(10-12-28-2)22(27)21(18)26/h4-9,13-14,19,25H,3,10-12H2,1-2H3/t19-/m0/s1. The minimum atomic E-state index is -0.737. The van der Waals surface area contributed by atoms with Crippen LogP contribution in [-0.2, 0) is 14.3 Å². The Morgan fingerprint density at radius 3 is 2.72 bits per heavy atom. The number of aliphatic hydroxyl groups excluding tert-OH is 1. The summed E-state index contributed by atoms with van der Waals surface area (Å²) in [4.78, 5) is 31.0. The number of carbonyl (C=O) groups excluding carboxylic acids is 2. The largest absolute Gasteiger partial charge is 0.507 e. The number of amides is 1. The van der Waals surface area contributed by atoms with Gasteiger partial charge in [-0.2, -0.15) is 0 Å². The molecule has 1 aromatic carbocycles. The molecule has 0 saturated carbocycles. The van der Waals surface area contributed by atoms with Crippen molar-refractivity contribution in [3.8, 4) is 5.75 Å². The highest BCUT2D eigenvalue weighted by Crippen LogP contribution is 2.39. The molecule has 1 fully saturated rings. The van der Waals surface area contributed by atoms with E-state index in [2.05, 4.69) is 4.98 Å². The van der Waals surface area contributed by atoms with Crippen molar-refractivity contribution in [3.05, 3.63) is 65.5 Å². The van der Waals surface area contributed by atoms with Gasteiger partial charge in [-0.3, -0.25) is 14.6 Å². The van der Waals surface area contributed by atoms with Gasteiger partial charge in [0.25, 0.3) is 11.7 Å². The highest BCUT2D eigenvalue weighted by molar-refractivity contribution is 6.46. The molecule has 2 heterocycles. The molecule has 1 atom stereocenters. The topological polar surface area (TPSA) is 89.0 Å². The summed E-state index contributed by atoms with van der Waals surface area (Å²) < 4.78 is 10.7. The van der Waals surface area contributed by atoms with E-state index in [-0.39, 0.29) is 24.5 Å². The summed E-state index contributed by atoms with van der Waals surface area (Å²) in [6, 6.07) is 9.62. The summed E-state index contributed by atoms with van der Waals surface area (Å²) in [6.07, 6.45) is 4.05. The van der Waals surface area contributed by atoms with Gasteiger partial charge in [-0.1, -0.05) is 25.1 Å². The first-order valence-corrected chi connectivity index (χ1v) is 9.49. The molecule has 1 amide bonds. The molecule has 3 rings (SSSR count). The summed E-state index contributed by atoms with van der Waals surface area (Å²) in [5, 5.41) is 11.0. The quantitative estimate of drug-likeness (QED) is 0.419. The number of hydrogen-bond acceptors (Lipinski definition) is 6. The Labute approximate surface area is 169 Å². The molecule has 1 N–H and O–H groups in total. The molecule has 1 aliphatic heterocycles. The first-order valence-electron chi connectivity index (χ1n) is 9.49. The first kappa shape index (κ1) is 20.5. The summed E-state index contributed by atoms with van der Waals surface area (Å²) >= 11 is 0. The van der Waals surface area contributed by atoms with Gasteiger partial charge in [0, 0.05) is 31.6 Å². The summed E-state index contributed by atoms with van der Waals surface area (Å²) in [7, 11) is 1.53. The highest BCUT2D eigenvalue weighted by atomic mass is 16.5. The van der Waals surface area contributed by atoms with Gasteiger partial charge in [0.1, 0.15) is 11.5 Å². The van der Waals surface area contributed by atoms with Crippen molar-refractivity contribution in [2.24, 2.45) is 0 Å². The van der Waals surface area contributed by atoms with Gasteiger partial charge in [-0.05, 0) is 30.2 Å². The van der Waals surface area contributed by atoms with Crippen LogP contribution in [0.4, 0.5) is 0 Å². The van der Waals surface area contributed by atoms with Crippen molar-refractivity contribution in [3.63, 3.8) is 0 Å². The van der Waals surface area contributed by atoms with Crippen molar-refractivity contribution >= 4 is 17.4 Å². The van der Waals surface area contributed by atoms with Gasteiger partial charge in [-0.25, -0.2) is 0 Å². The Kier molecular flexibility index (Phi) is 6.61. The summed E-state index contributed by atoms with van der Waals surface area (Å²) in [5.41, 5.74) is 1.09. The molecule has 1 saturated heterocycles. The van der Waals surface area contributed by atoms with E-state index in [0.29, 0.717) is 23.5 Å². The molecule has 152 valence electrons. The average molecular weight is 396 g/mol. The van der Waals surface area contributed by atoms with E-state index in [1.54, 1.807) is 48.8 Å². The second-order valence-corrected chi connectivity index (χ2v) is 6.65. The molecule has 0 unspecified atom stereocenters. The third-order valence-corrected chi connectivity index (χ3v) is 4.66. The van der Waals surface area contributed by atoms with Crippen LogP contribution in [0.5, 0.6) is 5.75 Å². The Balaban J connectivity index is 2.08. The number of carbonyl (C=O) groups is 2. The predicted octanol–water partition coefficient (Wildman–Crippen LogP) is 2.94. The van der Waals surface area contributed by atoms with E-state index in [0.717, 1.165) is 6.42 Å². The molecule has 29 heavy (non-hydrogen) atoms. The van der Waals surface area contributed by atoms with E-state index in [9.17, 15) is 14.7 Å². The van der Waals surface area contributed by atoms with Crippen LogP contribution in [0.2, 0.25) is 0 Å². The minimum absolute atomic E-state index is 0.0340. The Hall–Kier alpha value is -3.19. The van der Waals surface area contributed by atoms with Gasteiger partial charge in [0.05, 0.1) is 24.8 Å². The van der Waals surface area contributed by atoms with E-state index < -0.39 is 17.7 Å². The van der Waals surface area contributed by atoms with Crippen LogP contribution in [0, 0.1) is 0 Å². The lowest BCUT2D eigenvalue weighted by atomic mass is 9.96. The lowest BCUT2D eigenvalue weighted by Crippen LogP contribution is -2.32. The highest BCUT2D eigenvalue weighted by Gasteiger charge is 2.45. The number of methoxy groups -OCH3 is 1.